The monoisotopic (exact) mass is 307 g/mol. The van der Waals surface area contributed by atoms with Gasteiger partial charge in [-0.15, -0.1) is 11.3 Å². The van der Waals surface area contributed by atoms with E-state index in [-0.39, 0.29) is 12.5 Å². The fraction of sp³-hybridized carbons (Fsp3) is 0.286. The van der Waals surface area contributed by atoms with E-state index in [0.717, 1.165) is 11.3 Å². The number of nitrogens with one attached hydrogen (secondary N) is 2. The summed E-state index contributed by atoms with van der Waals surface area (Å²) in [5, 5.41) is 3.22. The molecule has 4 N–H and O–H groups in total. The van der Waals surface area contributed by atoms with E-state index in [1.807, 2.05) is 6.92 Å². The van der Waals surface area contributed by atoms with Gasteiger partial charge in [0.05, 0.1) is 12.2 Å². The van der Waals surface area contributed by atoms with Gasteiger partial charge >= 0.3 is 5.97 Å². The number of carbonyl (C=O) groups is 2. The van der Waals surface area contributed by atoms with Gasteiger partial charge in [0, 0.05) is 16.8 Å². The Kier molecular flexibility index (Phi) is 4.64. The minimum Gasteiger partial charge on any atom is -0.462 e. The second-order valence-corrected chi connectivity index (χ2v) is 5.47. The molecule has 0 aliphatic heterocycles. The van der Waals surface area contributed by atoms with Gasteiger partial charge in [-0.1, -0.05) is 6.92 Å². The molecule has 0 aliphatic carbocycles. The predicted octanol–water partition coefficient (Wildman–Crippen LogP) is 2.65. The smallest absolute Gasteiger partial charge is 0.341 e. The average Bonchev–Trinajstić information content (AvgIpc) is 3.05. The molecule has 6 nitrogen and oxygen atoms in total. The van der Waals surface area contributed by atoms with Crippen molar-refractivity contribution in [3.63, 3.8) is 0 Å². The van der Waals surface area contributed by atoms with E-state index in [1.165, 1.54) is 23.6 Å². The molecule has 0 atom stereocenters. The highest BCUT2D eigenvalue weighted by Crippen LogP contribution is 2.29. The third-order valence-corrected chi connectivity index (χ3v) is 4.00. The van der Waals surface area contributed by atoms with E-state index in [4.69, 9.17) is 10.5 Å². The second-order valence-electron chi connectivity index (χ2n) is 4.33. The molecule has 0 spiro atoms. The molecule has 2 heterocycles. The van der Waals surface area contributed by atoms with Crippen LogP contribution in [0.5, 0.6) is 0 Å². The third-order valence-electron chi connectivity index (χ3n) is 2.80. The largest absolute Gasteiger partial charge is 0.462 e. The number of H-pyrrole nitrogens is 1. The zero-order valence-corrected chi connectivity index (χ0v) is 12.7. The molecule has 0 aromatic carbocycles. The van der Waals surface area contributed by atoms with Crippen molar-refractivity contribution < 1.29 is 14.3 Å². The SMILES string of the molecule is CCOC(=O)c1cc(CC)sc1NC(=O)c1cc(N)c[nH]1. The van der Waals surface area contributed by atoms with Crippen LogP contribution in [-0.2, 0) is 11.2 Å². The molecule has 2 rings (SSSR count). The van der Waals surface area contributed by atoms with Crippen molar-refractivity contribution in [1.82, 2.24) is 4.98 Å². The lowest BCUT2D eigenvalue weighted by Crippen LogP contribution is -2.14. The van der Waals surface area contributed by atoms with Gasteiger partial charge in [-0.25, -0.2) is 4.79 Å². The normalized spacial score (nSPS) is 10.4. The number of aromatic nitrogens is 1. The Bertz CT molecular complexity index is 660. The fourth-order valence-corrected chi connectivity index (χ4v) is 2.76. The molecule has 0 unspecified atom stereocenters. The summed E-state index contributed by atoms with van der Waals surface area (Å²) in [5.41, 5.74) is 6.77. The molecule has 2 aromatic heterocycles. The van der Waals surface area contributed by atoms with Gasteiger partial charge in [-0.2, -0.15) is 0 Å². The Morgan fingerprint density at radius 2 is 2.14 bits per heavy atom. The summed E-state index contributed by atoms with van der Waals surface area (Å²) in [7, 11) is 0. The molecule has 0 fully saturated rings. The van der Waals surface area contributed by atoms with Crippen molar-refractivity contribution in [1.29, 1.82) is 0 Å². The van der Waals surface area contributed by atoms with Gasteiger partial charge in [0.25, 0.3) is 5.91 Å². The maximum atomic E-state index is 12.1. The maximum absolute atomic E-state index is 12.1. The highest BCUT2D eigenvalue weighted by Gasteiger charge is 2.19. The zero-order chi connectivity index (χ0) is 15.4. The minimum absolute atomic E-state index is 0.288. The van der Waals surface area contributed by atoms with E-state index in [9.17, 15) is 9.59 Å². The summed E-state index contributed by atoms with van der Waals surface area (Å²) < 4.78 is 5.01. The number of hydrogen-bond acceptors (Lipinski definition) is 5. The molecule has 112 valence electrons. The summed E-state index contributed by atoms with van der Waals surface area (Å²) in [5.74, 6) is -0.781. The summed E-state index contributed by atoms with van der Waals surface area (Å²) >= 11 is 1.37. The number of esters is 1. The Balaban J connectivity index is 2.24. The molecule has 1 amide bonds. The molecule has 0 saturated carbocycles. The topological polar surface area (TPSA) is 97.2 Å². The molecule has 0 bridgehead atoms. The van der Waals surface area contributed by atoms with Crippen molar-refractivity contribution in [3.05, 3.63) is 34.5 Å². The lowest BCUT2D eigenvalue weighted by molar-refractivity contribution is 0.0528. The van der Waals surface area contributed by atoms with Crippen molar-refractivity contribution >= 4 is 33.9 Å². The number of nitrogens with two attached hydrogens (primary N) is 1. The van der Waals surface area contributed by atoms with Crippen LogP contribution in [0.4, 0.5) is 10.7 Å². The van der Waals surface area contributed by atoms with Gasteiger partial charge in [-0.3, -0.25) is 4.79 Å². The summed E-state index contributed by atoms with van der Waals surface area (Å²) in [6.45, 7) is 4.01. The first kappa shape index (κ1) is 15.1. The number of aromatic amines is 1. The van der Waals surface area contributed by atoms with Crippen LogP contribution in [0, 0.1) is 0 Å². The second kappa shape index (κ2) is 6.45. The Morgan fingerprint density at radius 1 is 1.38 bits per heavy atom. The first-order chi connectivity index (χ1) is 10.0. The molecule has 7 heteroatoms. The van der Waals surface area contributed by atoms with Crippen LogP contribution in [-0.4, -0.2) is 23.5 Å². The standard InChI is InChI=1S/C14H17N3O3S/c1-3-9-6-10(14(19)20-4-2)13(21-9)17-12(18)11-5-8(15)7-16-11/h5-7,16H,3-4,15H2,1-2H3,(H,17,18). The third kappa shape index (κ3) is 3.43. The van der Waals surface area contributed by atoms with Crippen LogP contribution < -0.4 is 11.1 Å². The maximum Gasteiger partial charge on any atom is 0.341 e. The van der Waals surface area contributed by atoms with Crippen molar-refractivity contribution in [2.24, 2.45) is 0 Å². The van der Waals surface area contributed by atoms with E-state index in [2.05, 4.69) is 10.3 Å². The van der Waals surface area contributed by atoms with Gasteiger partial charge in [0.15, 0.2) is 0 Å². The molecular weight excluding hydrogens is 290 g/mol. The van der Waals surface area contributed by atoms with Crippen molar-refractivity contribution in [2.45, 2.75) is 20.3 Å². The molecule has 0 aliphatic rings. The summed E-state index contributed by atoms with van der Waals surface area (Å²) in [4.78, 5) is 27.8. The summed E-state index contributed by atoms with van der Waals surface area (Å²) in [6, 6.07) is 3.29. The fourth-order valence-electron chi connectivity index (χ4n) is 1.78. The van der Waals surface area contributed by atoms with E-state index in [0.29, 0.717) is 21.9 Å². The molecular formula is C14H17N3O3S. The number of aryl methyl sites for hydroxylation is 1. The highest BCUT2D eigenvalue weighted by atomic mass is 32.1. The molecule has 2 aromatic rings. The van der Waals surface area contributed by atoms with E-state index < -0.39 is 5.97 Å². The van der Waals surface area contributed by atoms with Gasteiger partial charge in [-0.05, 0) is 25.5 Å². The van der Waals surface area contributed by atoms with Crippen LogP contribution in [0.3, 0.4) is 0 Å². The highest BCUT2D eigenvalue weighted by molar-refractivity contribution is 7.16. The minimum atomic E-state index is -0.435. The van der Waals surface area contributed by atoms with Crippen LogP contribution in [0.25, 0.3) is 0 Å². The number of amides is 1. The number of carbonyl (C=O) groups excluding carboxylic acids is 2. The predicted molar refractivity (Wildman–Crippen MR) is 82.8 cm³/mol. The van der Waals surface area contributed by atoms with Crippen LogP contribution in [0.1, 0.15) is 39.6 Å². The molecule has 0 saturated heterocycles. The van der Waals surface area contributed by atoms with E-state index >= 15 is 0 Å². The number of ether oxygens (including phenoxy) is 1. The number of nitrogen functional groups attached to an aromatic ring is 1. The lowest BCUT2D eigenvalue weighted by atomic mass is 10.2. The van der Waals surface area contributed by atoms with Gasteiger partial charge < -0.3 is 20.8 Å². The van der Waals surface area contributed by atoms with Crippen molar-refractivity contribution in [3.8, 4) is 0 Å². The van der Waals surface area contributed by atoms with Crippen LogP contribution >= 0.6 is 11.3 Å². The van der Waals surface area contributed by atoms with E-state index in [1.54, 1.807) is 13.0 Å². The number of thiophene rings is 1. The summed E-state index contributed by atoms with van der Waals surface area (Å²) in [6.07, 6.45) is 2.31. The van der Waals surface area contributed by atoms with Gasteiger partial charge in [0.2, 0.25) is 0 Å². The first-order valence-electron chi connectivity index (χ1n) is 6.60. The zero-order valence-electron chi connectivity index (χ0n) is 11.9. The van der Waals surface area contributed by atoms with Gasteiger partial charge in [0.1, 0.15) is 10.7 Å². The van der Waals surface area contributed by atoms with Crippen molar-refractivity contribution in [2.75, 3.05) is 17.7 Å². The first-order valence-corrected chi connectivity index (χ1v) is 7.41. The van der Waals surface area contributed by atoms with Crippen LogP contribution in [0.2, 0.25) is 0 Å². The number of hydrogen-bond donors (Lipinski definition) is 3. The molecule has 0 radical (unpaired) electrons. The Hall–Kier alpha value is -2.28. The quantitative estimate of drug-likeness (QED) is 0.740. The number of anilines is 2. The lowest BCUT2D eigenvalue weighted by Gasteiger charge is -2.04. The molecule has 21 heavy (non-hydrogen) atoms. The Labute approximate surface area is 126 Å². The van der Waals surface area contributed by atoms with Crippen LogP contribution in [0.15, 0.2) is 18.3 Å². The Morgan fingerprint density at radius 3 is 2.71 bits per heavy atom. The number of rotatable bonds is 5. The average molecular weight is 307 g/mol.